The minimum atomic E-state index is -3.84. The Morgan fingerprint density at radius 2 is 1.65 bits per heavy atom. The number of benzene rings is 2. The fourth-order valence-corrected chi connectivity index (χ4v) is 3.22. The lowest BCUT2D eigenvalue weighted by atomic mass is 10.1. The molecule has 0 bridgehead atoms. The summed E-state index contributed by atoms with van der Waals surface area (Å²) in [6, 6.07) is 13.7. The summed E-state index contributed by atoms with van der Waals surface area (Å²) in [4.78, 5) is 11.8. The molecule has 0 saturated heterocycles. The molecule has 0 aliphatic heterocycles. The van der Waals surface area contributed by atoms with Gasteiger partial charge in [-0.1, -0.05) is 41.4 Å². The number of carbonyl (C=O) groups excluding carboxylic acids is 1. The van der Waals surface area contributed by atoms with E-state index in [0.717, 1.165) is 12.0 Å². The van der Waals surface area contributed by atoms with Crippen LogP contribution in [0.4, 0.5) is 0 Å². The summed E-state index contributed by atoms with van der Waals surface area (Å²) in [5, 5.41) is 0.438. The Bertz CT molecular complexity index is 768. The maximum Gasteiger partial charge on any atom is 0.264 e. The van der Waals surface area contributed by atoms with Gasteiger partial charge in [0.2, 0.25) is 5.91 Å². The lowest BCUT2D eigenvalue weighted by molar-refractivity contribution is -0.119. The molecule has 2 aromatic rings. The summed E-state index contributed by atoms with van der Waals surface area (Å²) < 4.78 is 26.2. The molecule has 1 amide bonds. The number of hydrogen-bond donors (Lipinski definition) is 1. The number of halogens is 1. The number of amides is 1. The second-order valence-electron chi connectivity index (χ2n) is 5.32. The van der Waals surface area contributed by atoms with E-state index in [1.54, 1.807) is 0 Å². The van der Waals surface area contributed by atoms with Gasteiger partial charge in [0.15, 0.2) is 0 Å². The first kappa shape index (κ1) is 17.5. The number of sulfonamides is 1. The molecule has 0 fully saturated rings. The molecular weight excluding hydrogens is 334 g/mol. The molecule has 1 N–H and O–H groups in total. The molecule has 0 saturated carbocycles. The second kappa shape index (κ2) is 7.62. The average molecular weight is 352 g/mol. The Kier molecular flexibility index (Phi) is 5.80. The van der Waals surface area contributed by atoms with Crippen LogP contribution in [-0.4, -0.2) is 14.3 Å². The van der Waals surface area contributed by atoms with E-state index in [2.05, 4.69) is 4.72 Å². The van der Waals surface area contributed by atoms with E-state index in [4.69, 9.17) is 11.6 Å². The van der Waals surface area contributed by atoms with Crippen molar-refractivity contribution in [1.29, 1.82) is 0 Å². The van der Waals surface area contributed by atoms with Crippen LogP contribution in [0.2, 0.25) is 5.02 Å². The SMILES string of the molecule is Cc1ccc(CCCC(=O)NS(=O)(=O)c2ccc(Cl)cc2)cc1. The van der Waals surface area contributed by atoms with Crippen molar-refractivity contribution in [1.82, 2.24) is 4.72 Å². The Morgan fingerprint density at radius 1 is 1.04 bits per heavy atom. The highest BCUT2D eigenvalue weighted by atomic mass is 35.5. The molecule has 0 radical (unpaired) electrons. The smallest absolute Gasteiger partial charge is 0.264 e. The normalized spacial score (nSPS) is 11.2. The maximum atomic E-state index is 12.0. The van der Waals surface area contributed by atoms with Crippen molar-refractivity contribution in [3.05, 3.63) is 64.7 Å². The fraction of sp³-hybridized carbons (Fsp3) is 0.235. The monoisotopic (exact) mass is 351 g/mol. The van der Waals surface area contributed by atoms with Crippen molar-refractivity contribution < 1.29 is 13.2 Å². The molecule has 0 aromatic heterocycles. The van der Waals surface area contributed by atoms with Crippen LogP contribution in [0.5, 0.6) is 0 Å². The molecule has 2 rings (SSSR count). The molecule has 122 valence electrons. The molecule has 6 heteroatoms. The Labute approximate surface area is 141 Å². The summed E-state index contributed by atoms with van der Waals surface area (Å²) in [7, 11) is -3.84. The van der Waals surface area contributed by atoms with E-state index in [1.165, 1.54) is 29.8 Å². The first-order chi connectivity index (χ1) is 10.9. The van der Waals surface area contributed by atoms with E-state index < -0.39 is 15.9 Å². The Hall–Kier alpha value is -1.85. The van der Waals surface area contributed by atoms with Gasteiger partial charge in [-0.05, 0) is 49.6 Å². The Balaban J connectivity index is 1.86. The highest BCUT2D eigenvalue weighted by Gasteiger charge is 2.17. The predicted molar refractivity (Wildman–Crippen MR) is 90.9 cm³/mol. The van der Waals surface area contributed by atoms with Crippen LogP contribution in [-0.2, 0) is 21.2 Å². The quantitative estimate of drug-likeness (QED) is 0.866. The van der Waals surface area contributed by atoms with E-state index in [1.807, 2.05) is 31.2 Å². The van der Waals surface area contributed by atoms with Crippen LogP contribution in [0, 0.1) is 6.92 Å². The van der Waals surface area contributed by atoms with E-state index in [0.29, 0.717) is 11.4 Å². The van der Waals surface area contributed by atoms with E-state index in [-0.39, 0.29) is 11.3 Å². The zero-order chi connectivity index (χ0) is 16.9. The predicted octanol–water partition coefficient (Wildman–Crippen LogP) is 3.48. The summed E-state index contributed by atoms with van der Waals surface area (Å²) in [6.07, 6.45) is 1.47. The molecular formula is C17H18ClNO3S. The van der Waals surface area contributed by atoms with Crippen molar-refractivity contribution in [2.75, 3.05) is 0 Å². The lowest BCUT2D eigenvalue weighted by Crippen LogP contribution is -2.30. The van der Waals surface area contributed by atoms with Gasteiger partial charge in [0.05, 0.1) is 4.90 Å². The van der Waals surface area contributed by atoms with Crippen molar-refractivity contribution >= 4 is 27.5 Å². The number of hydrogen-bond acceptors (Lipinski definition) is 3. The fourth-order valence-electron chi connectivity index (χ4n) is 2.08. The van der Waals surface area contributed by atoms with Crippen LogP contribution in [0.15, 0.2) is 53.4 Å². The van der Waals surface area contributed by atoms with Crippen LogP contribution >= 0.6 is 11.6 Å². The zero-order valence-corrected chi connectivity index (χ0v) is 14.3. The largest absolute Gasteiger partial charge is 0.274 e. The number of rotatable bonds is 6. The van der Waals surface area contributed by atoms with Gasteiger partial charge >= 0.3 is 0 Å². The molecule has 0 spiro atoms. The van der Waals surface area contributed by atoms with Gasteiger partial charge in [0, 0.05) is 11.4 Å². The van der Waals surface area contributed by atoms with Gasteiger partial charge in [-0.2, -0.15) is 0 Å². The van der Waals surface area contributed by atoms with Gasteiger partial charge in [0.25, 0.3) is 10.0 Å². The maximum absolute atomic E-state index is 12.0. The van der Waals surface area contributed by atoms with Crippen LogP contribution < -0.4 is 4.72 Å². The van der Waals surface area contributed by atoms with Crippen LogP contribution in [0.3, 0.4) is 0 Å². The van der Waals surface area contributed by atoms with Crippen molar-refractivity contribution in [2.45, 2.75) is 31.1 Å². The molecule has 0 aliphatic carbocycles. The average Bonchev–Trinajstić information content (AvgIpc) is 2.49. The third kappa shape index (κ3) is 5.37. The Morgan fingerprint density at radius 3 is 2.26 bits per heavy atom. The highest BCUT2D eigenvalue weighted by molar-refractivity contribution is 7.90. The molecule has 4 nitrogen and oxygen atoms in total. The molecule has 0 unspecified atom stereocenters. The lowest BCUT2D eigenvalue weighted by Gasteiger charge is -2.07. The third-order valence-electron chi connectivity index (χ3n) is 3.36. The van der Waals surface area contributed by atoms with Crippen molar-refractivity contribution in [3.63, 3.8) is 0 Å². The van der Waals surface area contributed by atoms with E-state index in [9.17, 15) is 13.2 Å². The summed E-state index contributed by atoms with van der Waals surface area (Å²) in [5.41, 5.74) is 2.31. The number of nitrogens with one attached hydrogen (secondary N) is 1. The van der Waals surface area contributed by atoms with Crippen molar-refractivity contribution in [3.8, 4) is 0 Å². The van der Waals surface area contributed by atoms with Gasteiger partial charge in [-0.3, -0.25) is 4.79 Å². The number of aryl methyl sites for hydroxylation is 2. The minimum Gasteiger partial charge on any atom is -0.274 e. The van der Waals surface area contributed by atoms with E-state index >= 15 is 0 Å². The second-order valence-corrected chi connectivity index (χ2v) is 7.44. The molecule has 23 heavy (non-hydrogen) atoms. The summed E-state index contributed by atoms with van der Waals surface area (Å²) in [6.45, 7) is 2.01. The summed E-state index contributed by atoms with van der Waals surface area (Å²) >= 11 is 5.72. The molecule has 2 aromatic carbocycles. The standard InChI is InChI=1S/C17H18ClNO3S/c1-13-5-7-14(8-6-13)3-2-4-17(20)19-23(21,22)16-11-9-15(18)10-12-16/h5-12H,2-4H2,1H3,(H,19,20). The first-order valence-electron chi connectivity index (χ1n) is 7.23. The summed E-state index contributed by atoms with van der Waals surface area (Å²) in [5.74, 6) is -0.507. The number of carbonyl (C=O) groups is 1. The first-order valence-corrected chi connectivity index (χ1v) is 9.10. The molecule has 0 aliphatic rings. The minimum absolute atomic E-state index is 0.0220. The third-order valence-corrected chi connectivity index (χ3v) is 5.00. The zero-order valence-electron chi connectivity index (χ0n) is 12.8. The highest BCUT2D eigenvalue weighted by Crippen LogP contribution is 2.14. The van der Waals surface area contributed by atoms with Gasteiger partial charge in [-0.15, -0.1) is 0 Å². The van der Waals surface area contributed by atoms with Gasteiger partial charge in [-0.25, -0.2) is 13.1 Å². The van der Waals surface area contributed by atoms with Crippen LogP contribution in [0.1, 0.15) is 24.0 Å². The van der Waals surface area contributed by atoms with Crippen molar-refractivity contribution in [2.24, 2.45) is 0 Å². The van der Waals surface area contributed by atoms with Gasteiger partial charge < -0.3 is 0 Å². The van der Waals surface area contributed by atoms with Crippen LogP contribution in [0.25, 0.3) is 0 Å². The molecule has 0 heterocycles. The topological polar surface area (TPSA) is 63.2 Å². The molecule has 0 atom stereocenters. The van der Waals surface area contributed by atoms with Gasteiger partial charge in [0.1, 0.15) is 0 Å².